The van der Waals surface area contributed by atoms with E-state index in [0.717, 1.165) is 11.4 Å². The summed E-state index contributed by atoms with van der Waals surface area (Å²) in [4.78, 5) is 26.1. The molecular weight excluding hydrogens is 320 g/mol. The zero-order chi connectivity index (χ0) is 17.8. The molecule has 0 spiro atoms. The molecule has 3 rings (SSSR count). The van der Waals surface area contributed by atoms with E-state index < -0.39 is 11.9 Å². The number of carboxylic acids is 2. The molecule has 6 nitrogen and oxygen atoms in total. The molecule has 1 heterocycles. The Kier molecular flexibility index (Phi) is 4.43. The van der Waals surface area contributed by atoms with Crippen LogP contribution in [0.2, 0.25) is 0 Å². The Hall–Kier alpha value is -3.67. The molecule has 0 unspecified atom stereocenters. The van der Waals surface area contributed by atoms with Gasteiger partial charge in [-0.3, -0.25) is 4.99 Å². The molecule has 0 aliphatic rings. The molecule has 0 atom stereocenters. The Morgan fingerprint density at radius 1 is 0.840 bits per heavy atom. The van der Waals surface area contributed by atoms with E-state index in [1.54, 1.807) is 42.6 Å². The van der Waals surface area contributed by atoms with Gasteiger partial charge in [-0.2, -0.15) is 0 Å². The van der Waals surface area contributed by atoms with Crippen molar-refractivity contribution >= 4 is 23.8 Å². The second-order valence-corrected chi connectivity index (χ2v) is 5.27. The van der Waals surface area contributed by atoms with Gasteiger partial charge in [-0.1, -0.05) is 0 Å². The second-order valence-electron chi connectivity index (χ2n) is 5.27. The molecular formula is C19H14N2O4. The standard InChI is InChI=1S/C19H14N2O4/c22-18(23)13-3-7-15(8-4-13)20-12-17-2-1-11-21(17)16-9-5-14(6-10-16)19(24)25/h1-12H,(H,22,23)(H,24,25). The highest BCUT2D eigenvalue weighted by atomic mass is 16.4. The number of aromatic nitrogens is 1. The van der Waals surface area contributed by atoms with Gasteiger partial charge in [0, 0.05) is 11.9 Å². The van der Waals surface area contributed by atoms with Gasteiger partial charge in [0.1, 0.15) is 0 Å². The average Bonchev–Trinajstić information content (AvgIpc) is 3.09. The minimum absolute atomic E-state index is 0.209. The van der Waals surface area contributed by atoms with Gasteiger partial charge in [-0.25, -0.2) is 9.59 Å². The summed E-state index contributed by atoms with van der Waals surface area (Å²) in [6.07, 6.45) is 3.52. The fraction of sp³-hybridized carbons (Fsp3) is 0. The molecule has 0 aliphatic carbocycles. The molecule has 0 aliphatic heterocycles. The van der Waals surface area contributed by atoms with Gasteiger partial charge < -0.3 is 14.8 Å². The number of hydrogen-bond donors (Lipinski definition) is 2. The van der Waals surface area contributed by atoms with Crippen molar-refractivity contribution in [2.24, 2.45) is 4.99 Å². The van der Waals surface area contributed by atoms with Gasteiger partial charge in [-0.15, -0.1) is 0 Å². The first-order valence-corrected chi connectivity index (χ1v) is 7.43. The third-order valence-electron chi connectivity index (χ3n) is 3.63. The summed E-state index contributed by atoms with van der Waals surface area (Å²) in [7, 11) is 0. The van der Waals surface area contributed by atoms with Crippen molar-refractivity contribution in [1.29, 1.82) is 0 Å². The Balaban J connectivity index is 1.83. The van der Waals surface area contributed by atoms with Crippen molar-refractivity contribution < 1.29 is 19.8 Å². The highest BCUT2D eigenvalue weighted by Crippen LogP contribution is 2.16. The van der Waals surface area contributed by atoms with Gasteiger partial charge in [0.05, 0.1) is 28.7 Å². The number of rotatable bonds is 5. The van der Waals surface area contributed by atoms with E-state index in [1.165, 1.54) is 12.1 Å². The SMILES string of the molecule is O=C(O)c1ccc(N=Cc2cccn2-c2ccc(C(=O)O)cc2)cc1. The summed E-state index contributed by atoms with van der Waals surface area (Å²) >= 11 is 0. The summed E-state index contributed by atoms with van der Waals surface area (Å²) in [5, 5.41) is 17.9. The van der Waals surface area contributed by atoms with Crippen LogP contribution in [0.25, 0.3) is 5.69 Å². The molecule has 0 saturated heterocycles. The number of hydrogen-bond acceptors (Lipinski definition) is 3. The number of nitrogens with zero attached hydrogens (tertiary/aromatic N) is 2. The Morgan fingerprint density at radius 2 is 1.40 bits per heavy atom. The van der Waals surface area contributed by atoms with Crippen molar-refractivity contribution in [3.05, 3.63) is 83.7 Å². The summed E-state index contributed by atoms with van der Waals surface area (Å²) in [6, 6.07) is 16.5. The van der Waals surface area contributed by atoms with Gasteiger partial charge >= 0.3 is 11.9 Å². The maximum atomic E-state index is 10.9. The second kappa shape index (κ2) is 6.84. The van der Waals surface area contributed by atoms with Gasteiger partial charge in [0.25, 0.3) is 0 Å². The number of aromatic carboxylic acids is 2. The van der Waals surface area contributed by atoms with Crippen LogP contribution in [-0.4, -0.2) is 32.9 Å². The van der Waals surface area contributed by atoms with E-state index in [-0.39, 0.29) is 11.1 Å². The lowest BCUT2D eigenvalue weighted by Gasteiger charge is -2.06. The van der Waals surface area contributed by atoms with Crippen molar-refractivity contribution in [1.82, 2.24) is 4.57 Å². The smallest absolute Gasteiger partial charge is 0.335 e. The van der Waals surface area contributed by atoms with E-state index in [0.29, 0.717) is 5.69 Å². The Bertz CT molecular complexity index is 938. The first kappa shape index (κ1) is 16.2. The number of aliphatic imine (C=N–C) groups is 1. The zero-order valence-corrected chi connectivity index (χ0v) is 13.0. The molecule has 25 heavy (non-hydrogen) atoms. The monoisotopic (exact) mass is 334 g/mol. The first-order valence-electron chi connectivity index (χ1n) is 7.43. The minimum atomic E-state index is -0.978. The fourth-order valence-electron chi connectivity index (χ4n) is 2.33. The molecule has 0 radical (unpaired) electrons. The zero-order valence-electron chi connectivity index (χ0n) is 13.0. The molecule has 6 heteroatoms. The molecule has 124 valence electrons. The van der Waals surface area contributed by atoms with Gasteiger partial charge in [0.2, 0.25) is 0 Å². The van der Waals surface area contributed by atoms with Crippen LogP contribution in [0.4, 0.5) is 5.69 Å². The van der Waals surface area contributed by atoms with Crippen molar-refractivity contribution in [3.8, 4) is 5.69 Å². The van der Waals surface area contributed by atoms with E-state index in [2.05, 4.69) is 4.99 Å². The van der Waals surface area contributed by atoms with E-state index in [9.17, 15) is 9.59 Å². The number of carbonyl (C=O) groups is 2. The van der Waals surface area contributed by atoms with Gasteiger partial charge in [0.15, 0.2) is 0 Å². The van der Waals surface area contributed by atoms with E-state index >= 15 is 0 Å². The van der Waals surface area contributed by atoms with Crippen molar-refractivity contribution in [2.75, 3.05) is 0 Å². The van der Waals surface area contributed by atoms with Crippen LogP contribution >= 0.6 is 0 Å². The van der Waals surface area contributed by atoms with E-state index in [4.69, 9.17) is 10.2 Å². The van der Waals surface area contributed by atoms with Crippen LogP contribution in [-0.2, 0) is 0 Å². The van der Waals surface area contributed by atoms with Crippen LogP contribution in [0, 0.1) is 0 Å². The molecule has 1 aromatic heterocycles. The largest absolute Gasteiger partial charge is 0.478 e. The van der Waals surface area contributed by atoms with Crippen molar-refractivity contribution in [2.45, 2.75) is 0 Å². The van der Waals surface area contributed by atoms with Crippen LogP contribution in [0.3, 0.4) is 0 Å². The summed E-state index contributed by atoms with van der Waals surface area (Å²) in [5.41, 5.74) is 2.70. The third-order valence-corrected chi connectivity index (χ3v) is 3.63. The quantitative estimate of drug-likeness (QED) is 0.697. The maximum absolute atomic E-state index is 10.9. The normalized spacial score (nSPS) is 10.9. The van der Waals surface area contributed by atoms with Gasteiger partial charge in [-0.05, 0) is 60.7 Å². The van der Waals surface area contributed by atoms with E-state index in [1.807, 2.05) is 22.9 Å². The van der Waals surface area contributed by atoms with Crippen LogP contribution in [0.1, 0.15) is 26.4 Å². The maximum Gasteiger partial charge on any atom is 0.335 e. The lowest BCUT2D eigenvalue weighted by molar-refractivity contribution is 0.0686. The number of carboxylic acid groups (broad SMARTS) is 2. The van der Waals surface area contributed by atoms with Crippen LogP contribution in [0.15, 0.2) is 71.9 Å². The highest BCUT2D eigenvalue weighted by Gasteiger charge is 2.05. The lowest BCUT2D eigenvalue weighted by atomic mass is 10.2. The van der Waals surface area contributed by atoms with Crippen molar-refractivity contribution in [3.63, 3.8) is 0 Å². The third kappa shape index (κ3) is 3.64. The highest BCUT2D eigenvalue weighted by molar-refractivity contribution is 5.89. The predicted molar refractivity (Wildman–Crippen MR) is 93.4 cm³/mol. The number of benzene rings is 2. The Labute approximate surface area is 143 Å². The summed E-state index contributed by atoms with van der Waals surface area (Å²) in [6.45, 7) is 0. The summed E-state index contributed by atoms with van der Waals surface area (Å²) < 4.78 is 1.88. The molecule has 0 fully saturated rings. The fourth-order valence-corrected chi connectivity index (χ4v) is 2.33. The Morgan fingerprint density at radius 3 is 1.96 bits per heavy atom. The topological polar surface area (TPSA) is 91.9 Å². The molecule has 0 bridgehead atoms. The molecule has 2 aromatic carbocycles. The van der Waals surface area contributed by atoms with Crippen LogP contribution < -0.4 is 0 Å². The first-order chi connectivity index (χ1) is 12.0. The summed E-state index contributed by atoms with van der Waals surface area (Å²) in [5.74, 6) is -1.94. The molecule has 0 amide bonds. The van der Waals surface area contributed by atoms with Crippen LogP contribution in [0.5, 0.6) is 0 Å². The minimum Gasteiger partial charge on any atom is -0.478 e. The average molecular weight is 334 g/mol. The molecule has 3 aromatic rings. The molecule has 2 N–H and O–H groups in total. The molecule has 0 saturated carbocycles. The predicted octanol–water partition coefficient (Wildman–Crippen LogP) is 3.62. The lowest BCUT2D eigenvalue weighted by Crippen LogP contribution is -2.00.